The van der Waals surface area contributed by atoms with Crippen LogP contribution in [-0.4, -0.2) is 36.0 Å². The van der Waals surface area contributed by atoms with Gasteiger partial charge in [0, 0.05) is 31.6 Å². The number of rotatable bonds is 6. The number of hydrogen-bond acceptors (Lipinski definition) is 2. The molecule has 0 aromatic rings. The lowest BCUT2D eigenvalue weighted by Gasteiger charge is -2.25. The number of nitrogens with one attached hydrogen (secondary N) is 1. The van der Waals surface area contributed by atoms with Crippen molar-refractivity contribution in [3.8, 4) is 0 Å². The van der Waals surface area contributed by atoms with Crippen LogP contribution in [-0.2, 0) is 4.79 Å². The first-order chi connectivity index (χ1) is 6.65. The molecule has 0 unspecified atom stereocenters. The Morgan fingerprint density at radius 2 is 2.14 bits per heavy atom. The summed E-state index contributed by atoms with van der Waals surface area (Å²) in [4.78, 5) is 13.6. The van der Waals surface area contributed by atoms with Crippen molar-refractivity contribution in [1.82, 2.24) is 10.2 Å². The minimum Gasteiger partial charge on any atom is -0.341 e. The van der Waals surface area contributed by atoms with Gasteiger partial charge in [0.1, 0.15) is 0 Å². The third-order valence-electron chi connectivity index (χ3n) is 2.63. The van der Waals surface area contributed by atoms with Gasteiger partial charge >= 0.3 is 0 Å². The molecule has 1 aliphatic carbocycles. The summed E-state index contributed by atoms with van der Waals surface area (Å²) in [6, 6.07) is 1.03. The smallest absolute Gasteiger partial charge is 0.224 e. The molecule has 82 valence electrons. The first-order valence-corrected chi connectivity index (χ1v) is 5.68. The van der Waals surface area contributed by atoms with E-state index in [-0.39, 0.29) is 5.91 Å². The Bertz CT molecular complexity index is 188. The molecule has 1 rings (SSSR count). The van der Waals surface area contributed by atoms with Crippen LogP contribution in [0, 0.1) is 0 Å². The van der Waals surface area contributed by atoms with Crippen molar-refractivity contribution in [1.29, 1.82) is 0 Å². The molecule has 0 aliphatic heterocycles. The van der Waals surface area contributed by atoms with E-state index in [1.54, 1.807) is 0 Å². The molecule has 1 N–H and O–H groups in total. The van der Waals surface area contributed by atoms with E-state index in [0.717, 1.165) is 13.1 Å². The van der Waals surface area contributed by atoms with Crippen molar-refractivity contribution in [3.63, 3.8) is 0 Å². The Morgan fingerprint density at radius 3 is 2.57 bits per heavy atom. The van der Waals surface area contributed by atoms with Crippen molar-refractivity contribution in [2.24, 2.45) is 0 Å². The molecule has 3 heteroatoms. The summed E-state index contributed by atoms with van der Waals surface area (Å²) in [5.41, 5.74) is 0. The Labute approximate surface area is 86.9 Å². The van der Waals surface area contributed by atoms with Gasteiger partial charge in [0.2, 0.25) is 5.91 Å². The van der Waals surface area contributed by atoms with Gasteiger partial charge in [-0.15, -0.1) is 0 Å². The summed E-state index contributed by atoms with van der Waals surface area (Å²) in [6.45, 7) is 7.82. The Morgan fingerprint density at radius 1 is 1.50 bits per heavy atom. The summed E-state index contributed by atoms with van der Waals surface area (Å²) >= 11 is 0. The van der Waals surface area contributed by atoms with Crippen LogP contribution in [0.4, 0.5) is 0 Å². The van der Waals surface area contributed by atoms with E-state index in [1.807, 2.05) is 11.8 Å². The highest BCUT2D eigenvalue weighted by atomic mass is 16.2. The maximum absolute atomic E-state index is 11.7. The third kappa shape index (κ3) is 3.66. The SMILES string of the molecule is CCN(C(=O)CCNC1CC1)C(C)C. The molecule has 1 aliphatic rings. The molecule has 1 saturated carbocycles. The van der Waals surface area contributed by atoms with Gasteiger partial charge in [-0.05, 0) is 33.6 Å². The zero-order valence-electron chi connectivity index (χ0n) is 9.55. The normalized spacial score (nSPS) is 16.0. The van der Waals surface area contributed by atoms with Crippen molar-refractivity contribution in [2.75, 3.05) is 13.1 Å². The van der Waals surface area contributed by atoms with Crippen LogP contribution >= 0.6 is 0 Å². The maximum atomic E-state index is 11.7. The van der Waals surface area contributed by atoms with Crippen molar-refractivity contribution < 1.29 is 4.79 Å². The molecule has 0 bridgehead atoms. The Kier molecular flexibility index (Phi) is 4.39. The molecular weight excluding hydrogens is 176 g/mol. The van der Waals surface area contributed by atoms with Gasteiger partial charge in [-0.1, -0.05) is 0 Å². The maximum Gasteiger partial charge on any atom is 0.224 e. The molecule has 14 heavy (non-hydrogen) atoms. The highest BCUT2D eigenvalue weighted by molar-refractivity contribution is 5.76. The van der Waals surface area contributed by atoms with Gasteiger partial charge in [0.25, 0.3) is 0 Å². The van der Waals surface area contributed by atoms with Crippen LogP contribution in [0.5, 0.6) is 0 Å². The average molecular weight is 198 g/mol. The minimum absolute atomic E-state index is 0.274. The summed E-state index contributed by atoms with van der Waals surface area (Å²) in [6.07, 6.45) is 3.22. The van der Waals surface area contributed by atoms with Crippen molar-refractivity contribution >= 4 is 5.91 Å². The van der Waals surface area contributed by atoms with Crippen LogP contribution in [0.25, 0.3) is 0 Å². The topological polar surface area (TPSA) is 32.3 Å². The molecule has 0 spiro atoms. The number of carbonyl (C=O) groups excluding carboxylic acids is 1. The van der Waals surface area contributed by atoms with E-state index in [9.17, 15) is 4.79 Å². The van der Waals surface area contributed by atoms with E-state index in [4.69, 9.17) is 0 Å². The molecule has 0 atom stereocenters. The molecule has 0 aromatic carbocycles. The molecule has 0 radical (unpaired) electrons. The first-order valence-electron chi connectivity index (χ1n) is 5.68. The zero-order valence-corrected chi connectivity index (χ0v) is 9.55. The second-order valence-corrected chi connectivity index (χ2v) is 4.25. The minimum atomic E-state index is 0.274. The van der Waals surface area contributed by atoms with Gasteiger partial charge in [-0.2, -0.15) is 0 Å². The zero-order chi connectivity index (χ0) is 10.6. The molecule has 1 fully saturated rings. The summed E-state index contributed by atoms with van der Waals surface area (Å²) < 4.78 is 0. The van der Waals surface area contributed by atoms with Gasteiger partial charge in [0.05, 0.1) is 0 Å². The monoisotopic (exact) mass is 198 g/mol. The van der Waals surface area contributed by atoms with Gasteiger partial charge < -0.3 is 10.2 Å². The Hall–Kier alpha value is -0.570. The number of nitrogens with zero attached hydrogens (tertiary/aromatic N) is 1. The number of hydrogen-bond donors (Lipinski definition) is 1. The van der Waals surface area contributed by atoms with E-state index in [0.29, 0.717) is 18.5 Å². The predicted molar refractivity (Wildman–Crippen MR) is 58.2 cm³/mol. The van der Waals surface area contributed by atoms with Crippen LogP contribution in [0.15, 0.2) is 0 Å². The van der Waals surface area contributed by atoms with Gasteiger partial charge in [0.15, 0.2) is 0 Å². The van der Waals surface area contributed by atoms with E-state index < -0.39 is 0 Å². The van der Waals surface area contributed by atoms with Crippen molar-refractivity contribution in [3.05, 3.63) is 0 Å². The lowest BCUT2D eigenvalue weighted by Crippen LogP contribution is -2.38. The highest BCUT2D eigenvalue weighted by Crippen LogP contribution is 2.18. The third-order valence-corrected chi connectivity index (χ3v) is 2.63. The van der Waals surface area contributed by atoms with E-state index in [2.05, 4.69) is 19.2 Å². The predicted octanol–water partition coefficient (Wildman–Crippen LogP) is 1.39. The van der Waals surface area contributed by atoms with Gasteiger partial charge in [-0.25, -0.2) is 0 Å². The lowest BCUT2D eigenvalue weighted by molar-refractivity contribution is -0.132. The van der Waals surface area contributed by atoms with E-state index in [1.165, 1.54) is 12.8 Å². The second kappa shape index (κ2) is 5.35. The quantitative estimate of drug-likeness (QED) is 0.699. The van der Waals surface area contributed by atoms with E-state index >= 15 is 0 Å². The summed E-state index contributed by atoms with van der Waals surface area (Å²) in [5.74, 6) is 0.274. The standard InChI is InChI=1S/C11H22N2O/c1-4-13(9(2)3)11(14)7-8-12-10-5-6-10/h9-10,12H,4-8H2,1-3H3. The fraction of sp³-hybridized carbons (Fsp3) is 0.909. The summed E-state index contributed by atoms with van der Waals surface area (Å²) in [7, 11) is 0. The van der Waals surface area contributed by atoms with Crippen molar-refractivity contribution in [2.45, 2.75) is 52.1 Å². The number of amides is 1. The fourth-order valence-electron chi connectivity index (χ4n) is 1.64. The molecule has 0 saturated heterocycles. The largest absolute Gasteiger partial charge is 0.341 e. The van der Waals surface area contributed by atoms with Crippen LogP contribution in [0.1, 0.15) is 40.0 Å². The van der Waals surface area contributed by atoms with Crippen LogP contribution in [0.3, 0.4) is 0 Å². The van der Waals surface area contributed by atoms with Gasteiger partial charge in [-0.3, -0.25) is 4.79 Å². The molecule has 0 heterocycles. The van der Waals surface area contributed by atoms with Crippen LogP contribution in [0.2, 0.25) is 0 Å². The second-order valence-electron chi connectivity index (χ2n) is 4.25. The fourth-order valence-corrected chi connectivity index (χ4v) is 1.64. The number of carbonyl (C=O) groups is 1. The summed E-state index contributed by atoms with van der Waals surface area (Å²) in [5, 5.41) is 3.36. The molecule has 1 amide bonds. The molecule has 3 nitrogen and oxygen atoms in total. The first kappa shape index (κ1) is 11.5. The Balaban J connectivity index is 2.16. The molecule has 0 aromatic heterocycles. The molecular formula is C11H22N2O. The lowest BCUT2D eigenvalue weighted by atomic mass is 10.2. The van der Waals surface area contributed by atoms with Crippen LogP contribution < -0.4 is 5.32 Å². The highest BCUT2D eigenvalue weighted by Gasteiger charge is 2.21. The average Bonchev–Trinajstić information content (AvgIpc) is 2.88.